The standard InChI is InChI=1S/C29H37N5O3/c1-3-37-26-12-10-25(11-13-26)33-21-32(15-7-14-31-16-18-36-19-17-31)22-34-28(35)27(23(2)30-29(33)34)20-24-8-5-4-6-9-24/h4-6,8-13H,3,7,14-22H2,1-2H3. The first-order chi connectivity index (χ1) is 18.1. The SMILES string of the molecule is CCOc1ccc(N2CN(CCCN3CCOCC3)Cn3c2nc(C)c(Cc2ccccc2)c3=O)cc1. The van der Waals surface area contributed by atoms with Crippen LogP contribution in [-0.4, -0.2) is 72.0 Å². The van der Waals surface area contributed by atoms with E-state index in [1.807, 2.05) is 60.9 Å². The largest absolute Gasteiger partial charge is 0.494 e. The van der Waals surface area contributed by atoms with Crippen LogP contribution in [-0.2, 0) is 17.8 Å². The molecular weight excluding hydrogens is 466 g/mol. The van der Waals surface area contributed by atoms with Crippen LogP contribution in [0.3, 0.4) is 0 Å². The van der Waals surface area contributed by atoms with Crippen LogP contribution in [0.1, 0.15) is 30.2 Å². The van der Waals surface area contributed by atoms with Gasteiger partial charge in [0.1, 0.15) is 5.75 Å². The molecule has 8 heteroatoms. The molecule has 2 aliphatic rings. The van der Waals surface area contributed by atoms with Crippen molar-refractivity contribution < 1.29 is 9.47 Å². The minimum absolute atomic E-state index is 0.0418. The van der Waals surface area contributed by atoms with Gasteiger partial charge in [0.15, 0.2) is 0 Å². The number of aryl methyl sites for hydroxylation is 1. The van der Waals surface area contributed by atoms with Gasteiger partial charge in [-0.05, 0) is 56.6 Å². The lowest BCUT2D eigenvalue weighted by Gasteiger charge is -2.39. The minimum atomic E-state index is 0.0418. The highest BCUT2D eigenvalue weighted by molar-refractivity contribution is 5.59. The summed E-state index contributed by atoms with van der Waals surface area (Å²) < 4.78 is 13.0. The number of nitrogens with zero attached hydrogens (tertiary/aromatic N) is 5. The first-order valence-electron chi connectivity index (χ1n) is 13.3. The van der Waals surface area contributed by atoms with E-state index in [9.17, 15) is 4.79 Å². The fourth-order valence-electron chi connectivity index (χ4n) is 5.10. The second-order valence-corrected chi connectivity index (χ2v) is 9.71. The van der Waals surface area contributed by atoms with Gasteiger partial charge in [-0.2, -0.15) is 0 Å². The van der Waals surface area contributed by atoms with Crippen molar-refractivity contribution in [3.63, 3.8) is 0 Å². The van der Waals surface area contributed by atoms with Crippen molar-refractivity contribution in [1.82, 2.24) is 19.4 Å². The molecule has 37 heavy (non-hydrogen) atoms. The third kappa shape index (κ3) is 6.04. The quantitative estimate of drug-likeness (QED) is 0.442. The molecule has 0 amide bonds. The minimum Gasteiger partial charge on any atom is -0.494 e. The maximum atomic E-state index is 13.8. The molecule has 0 saturated carbocycles. The summed E-state index contributed by atoms with van der Waals surface area (Å²) in [7, 11) is 0. The molecule has 0 aliphatic carbocycles. The van der Waals surface area contributed by atoms with Gasteiger partial charge in [0.05, 0.1) is 38.9 Å². The van der Waals surface area contributed by atoms with E-state index < -0.39 is 0 Å². The number of hydrogen-bond acceptors (Lipinski definition) is 7. The van der Waals surface area contributed by atoms with Gasteiger partial charge in [0.2, 0.25) is 5.95 Å². The fraction of sp³-hybridized carbons (Fsp3) is 0.448. The second kappa shape index (κ2) is 11.9. The van der Waals surface area contributed by atoms with E-state index in [1.165, 1.54) is 0 Å². The summed E-state index contributed by atoms with van der Waals surface area (Å²) in [6, 6.07) is 18.2. The van der Waals surface area contributed by atoms with Gasteiger partial charge in [-0.1, -0.05) is 30.3 Å². The average Bonchev–Trinajstić information content (AvgIpc) is 2.93. The van der Waals surface area contributed by atoms with Gasteiger partial charge in [-0.25, -0.2) is 4.98 Å². The summed E-state index contributed by atoms with van der Waals surface area (Å²) in [6.45, 7) is 11.3. The van der Waals surface area contributed by atoms with Crippen molar-refractivity contribution in [2.45, 2.75) is 33.4 Å². The molecule has 3 heterocycles. The lowest BCUT2D eigenvalue weighted by Crippen LogP contribution is -2.48. The van der Waals surface area contributed by atoms with Crippen molar-refractivity contribution in [2.75, 3.05) is 57.6 Å². The third-order valence-electron chi connectivity index (χ3n) is 7.11. The van der Waals surface area contributed by atoms with Crippen molar-refractivity contribution >= 4 is 11.6 Å². The van der Waals surface area contributed by atoms with Crippen LogP contribution in [0.15, 0.2) is 59.4 Å². The van der Waals surface area contributed by atoms with E-state index in [0.29, 0.717) is 32.3 Å². The van der Waals surface area contributed by atoms with Crippen molar-refractivity contribution in [2.24, 2.45) is 0 Å². The summed E-state index contributed by atoms with van der Waals surface area (Å²) >= 11 is 0. The number of morpholine rings is 1. The number of hydrogen-bond donors (Lipinski definition) is 0. The number of benzene rings is 2. The maximum absolute atomic E-state index is 13.8. The Morgan fingerprint density at radius 2 is 1.68 bits per heavy atom. The predicted molar refractivity (Wildman–Crippen MR) is 146 cm³/mol. The first-order valence-corrected chi connectivity index (χ1v) is 13.3. The molecule has 2 aliphatic heterocycles. The molecule has 1 saturated heterocycles. The van der Waals surface area contributed by atoms with Gasteiger partial charge in [-0.15, -0.1) is 0 Å². The molecule has 0 bridgehead atoms. The molecule has 1 fully saturated rings. The lowest BCUT2D eigenvalue weighted by molar-refractivity contribution is 0.0354. The van der Waals surface area contributed by atoms with Crippen LogP contribution >= 0.6 is 0 Å². The summed E-state index contributed by atoms with van der Waals surface area (Å²) in [6.07, 6.45) is 1.62. The molecule has 5 rings (SSSR count). The molecule has 0 N–H and O–H groups in total. The number of rotatable bonds is 9. The Morgan fingerprint density at radius 1 is 0.946 bits per heavy atom. The zero-order chi connectivity index (χ0) is 25.6. The smallest absolute Gasteiger partial charge is 0.259 e. The molecule has 8 nitrogen and oxygen atoms in total. The Hall–Kier alpha value is -3.20. The van der Waals surface area contributed by atoms with Crippen LogP contribution in [0.4, 0.5) is 11.6 Å². The zero-order valence-corrected chi connectivity index (χ0v) is 21.9. The summed E-state index contributed by atoms with van der Waals surface area (Å²) in [5.41, 5.74) is 3.71. The van der Waals surface area contributed by atoms with E-state index in [0.717, 1.165) is 74.1 Å². The topological polar surface area (TPSA) is 63.1 Å². The van der Waals surface area contributed by atoms with Gasteiger partial charge in [0, 0.05) is 37.3 Å². The maximum Gasteiger partial charge on any atom is 0.259 e. The Morgan fingerprint density at radius 3 is 2.41 bits per heavy atom. The van der Waals surface area contributed by atoms with E-state index in [4.69, 9.17) is 14.5 Å². The third-order valence-corrected chi connectivity index (χ3v) is 7.11. The number of anilines is 2. The normalized spacial score (nSPS) is 16.5. The fourth-order valence-corrected chi connectivity index (χ4v) is 5.10. The van der Waals surface area contributed by atoms with Crippen molar-refractivity contribution in [3.8, 4) is 5.75 Å². The average molecular weight is 504 g/mol. The number of ether oxygens (including phenoxy) is 2. The molecular formula is C29H37N5O3. The first kappa shape index (κ1) is 25.4. The van der Waals surface area contributed by atoms with Crippen LogP contribution in [0.25, 0.3) is 0 Å². The highest BCUT2D eigenvalue weighted by Crippen LogP contribution is 2.29. The van der Waals surface area contributed by atoms with Crippen LogP contribution < -0.4 is 15.2 Å². The summed E-state index contributed by atoms with van der Waals surface area (Å²) in [4.78, 5) is 25.8. The van der Waals surface area contributed by atoms with Crippen LogP contribution in [0.5, 0.6) is 5.75 Å². The van der Waals surface area contributed by atoms with E-state index in [1.54, 1.807) is 0 Å². The van der Waals surface area contributed by atoms with Gasteiger partial charge >= 0.3 is 0 Å². The second-order valence-electron chi connectivity index (χ2n) is 9.71. The highest BCUT2D eigenvalue weighted by atomic mass is 16.5. The van der Waals surface area contributed by atoms with E-state index in [2.05, 4.69) is 26.8 Å². The van der Waals surface area contributed by atoms with Crippen molar-refractivity contribution in [3.05, 3.63) is 81.8 Å². The summed E-state index contributed by atoms with van der Waals surface area (Å²) in [5.74, 6) is 1.54. The van der Waals surface area contributed by atoms with Crippen LogP contribution in [0.2, 0.25) is 0 Å². The highest BCUT2D eigenvalue weighted by Gasteiger charge is 2.28. The lowest BCUT2D eigenvalue weighted by atomic mass is 10.1. The van der Waals surface area contributed by atoms with Crippen molar-refractivity contribution in [1.29, 1.82) is 0 Å². The summed E-state index contributed by atoms with van der Waals surface area (Å²) in [5, 5.41) is 0. The Balaban J connectivity index is 1.43. The van der Waals surface area contributed by atoms with Gasteiger partial charge in [0.25, 0.3) is 5.56 Å². The van der Waals surface area contributed by atoms with Crippen LogP contribution in [0, 0.1) is 6.92 Å². The molecule has 3 aromatic rings. The Labute approximate surface area is 219 Å². The Bertz CT molecular complexity index is 1220. The monoisotopic (exact) mass is 503 g/mol. The molecule has 0 atom stereocenters. The molecule has 0 unspecified atom stereocenters. The van der Waals surface area contributed by atoms with Gasteiger partial charge < -0.3 is 9.47 Å². The number of aromatic nitrogens is 2. The van der Waals surface area contributed by atoms with Gasteiger partial charge in [-0.3, -0.25) is 24.1 Å². The van der Waals surface area contributed by atoms with E-state index >= 15 is 0 Å². The molecule has 1 aromatic heterocycles. The molecule has 0 radical (unpaired) electrons. The zero-order valence-electron chi connectivity index (χ0n) is 21.9. The Kier molecular flexibility index (Phi) is 8.18. The number of fused-ring (bicyclic) bond motifs is 1. The molecule has 0 spiro atoms. The van der Waals surface area contributed by atoms with E-state index in [-0.39, 0.29) is 5.56 Å². The molecule has 196 valence electrons. The molecule has 2 aromatic carbocycles. The predicted octanol–water partition coefficient (Wildman–Crippen LogP) is 3.63.